The molecule has 0 bridgehead atoms. The zero-order valence-corrected chi connectivity index (χ0v) is 18.7. The largest absolute Gasteiger partial charge is 0.505 e. The minimum Gasteiger partial charge on any atom is -0.505 e. The molecule has 3 N–H and O–H groups in total. The summed E-state index contributed by atoms with van der Waals surface area (Å²) in [7, 11) is 3.29. The predicted molar refractivity (Wildman–Crippen MR) is 119 cm³/mol. The number of rotatable bonds is 6. The van der Waals surface area contributed by atoms with Gasteiger partial charge in [0.15, 0.2) is 17.4 Å². The van der Waals surface area contributed by atoms with Gasteiger partial charge in [0.1, 0.15) is 0 Å². The molecule has 0 saturated heterocycles. The molecule has 3 aromatic rings. The molecule has 0 fully saturated rings. The summed E-state index contributed by atoms with van der Waals surface area (Å²) in [6, 6.07) is 9.18. The number of nitrogens with one attached hydrogen (secondary N) is 2. The monoisotopic (exact) mass is 431 g/mol. The van der Waals surface area contributed by atoms with Crippen LogP contribution in [0.3, 0.4) is 0 Å². The van der Waals surface area contributed by atoms with Crippen LogP contribution in [-0.2, 0) is 0 Å². The number of carbonyl (C=O) groups is 1. The highest BCUT2D eigenvalue weighted by molar-refractivity contribution is 7.10. The van der Waals surface area contributed by atoms with Crippen molar-refractivity contribution in [2.75, 3.05) is 24.7 Å². The molecular weight excluding hydrogens is 406 g/mol. The Bertz CT molecular complexity index is 977. The van der Waals surface area contributed by atoms with Crippen LogP contribution in [-0.4, -0.2) is 38.8 Å². The second-order valence-corrected chi connectivity index (χ2v) is 9.45. The molecule has 0 saturated carbocycles. The number of hydrogen-bond donors (Lipinski definition) is 3. The van der Waals surface area contributed by atoms with E-state index in [9.17, 15) is 9.90 Å². The standard InChI is InChI=1S/C20H25N5O2S2/c1-20(2,3)16(14-10-7-11-28-14)22-18-17(23-29-24-18)21-13-9-6-8-12(15(13)26)19(27)25(4)5/h6-11,16,26H,1-5H3,(H,21,23)(H,22,24)/t16-/m0/s1. The number of amides is 1. The molecule has 154 valence electrons. The van der Waals surface area contributed by atoms with E-state index in [0.29, 0.717) is 17.3 Å². The maximum atomic E-state index is 12.3. The average Bonchev–Trinajstić information content (AvgIpc) is 3.31. The van der Waals surface area contributed by atoms with E-state index in [-0.39, 0.29) is 28.7 Å². The molecule has 1 amide bonds. The summed E-state index contributed by atoms with van der Waals surface area (Å²) in [5.41, 5.74) is 0.576. The van der Waals surface area contributed by atoms with Crippen molar-refractivity contribution in [2.24, 2.45) is 5.41 Å². The average molecular weight is 432 g/mol. The molecule has 0 aliphatic heterocycles. The Morgan fingerprint density at radius 2 is 1.86 bits per heavy atom. The first kappa shape index (κ1) is 21.1. The highest BCUT2D eigenvalue weighted by Gasteiger charge is 2.29. The van der Waals surface area contributed by atoms with E-state index in [1.807, 2.05) is 6.07 Å². The first-order valence-electron chi connectivity index (χ1n) is 9.11. The van der Waals surface area contributed by atoms with Gasteiger partial charge >= 0.3 is 0 Å². The Morgan fingerprint density at radius 1 is 1.14 bits per heavy atom. The normalized spacial score (nSPS) is 12.4. The number of aromatic nitrogens is 2. The lowest BCUT2D eigenvalue weighted by Crippen LogP contribution is -2.25. The fourth-order valence-corrected chi connectivity index (χ4v) is 4.35. The molecular formula is C20H25N5O2S2. The predicted octanol–water partition coefficient (Wildman–Crippen LogP) is 4.95. The molecule has 0 radical (unpaired) electrons. The van der Waals surface area contributed by atoms with Crippen molar-refractivity contribution in [3.63, 3.8) is 0 Å². The molecule has 9 heteroatoms. The number of nitrogens with zero attached hydrogens (tertiary/aromatic N) is 3. The zero-order chi connectivity index (χ0) is 21.2. The van der Waals surface area contributed by atoms with Gasteiger partial charge in [0.25, 0.3) is 5.91 Å². The van der Waals surface area contributed by atoms with Gasteiger partial charge in [-0.1, -0.05) is 32.9 Å². The van der Waals surface area contributed by atoms with Crippen molar-refractivity contribution in [1.29, 1.82) is 0 Å². The smallest absolute Gasteiger partial charge is 0.257 e. The number of para-hydroxylation sites is 1. The summed E-state index contributed by atoms with van der Waals surface area (Å²) in [4.78, 5) is 14.9. The number of phenols is 1. The number of hydrogen-bond acceptors (Lipinski definition) is 8. The third-order valence-corrected chi connectivity index (χ3v) is 5.85. The second-order valence-electron chi connectivity index (χ2n) is 7.95. The molecule has 7 nitrogen and oxygen atoms in total. The number of aromatic hydroxyl groups is 1. The number of anilines is 3. The lowest BCUT2D eigenvalue weighted by molar-refractivity contribution is 0.0824. The van der Waals surface area contributed by atoms with Crippen LogP contribution in [0.4, 0.5) is 17.3 Å². The quantitative estimate of drug-likeness (QED) is 0.479. The van der Waals surface area contributed by atoms with Crippen LogP contribution < -0.4 is 10.6 Å². The Morgan fingerprint density at radius 3 is 2.48 bits per heavy atom. The van der Waals surface area contributed by atoms with Gasteiger partial charge in [-0.05, 0) is 29.0 Å². The van der Waals surface area contributed by atoms with E-state index in [1.54, 1.807) is 43.6 Å². The van der Waals surface area contributed by atoms with Gasteiger partial charge in [-0.3, -0.25) is 4.79 Å². The van der Waals surface area contributed by atoms with Crippen molar-refractivity contribution in [3.05, 3.63) is 46.2 Å². The summed E-state index contributed by atoms with van der Waals surface area (Å²) in [5, 5.41) is 19.2. The second kappa shape index (κ2) is 8.38. The van der Waals surface area contributed by atoms with Crippen LogP contribution in [0.2, 0.25) is 0 Å². The fraction of sp³-hybridized carbons (Fsp3) is 0.350. The molecule has 2 aromatic heterocycles. The van der Waals surface area contributed by atoms with E-state index < -0.39 is 0 Å². The molecule has 0 aliphatic carbocycles. The molecule has 29 heavy (non-hydrogen) atoms. The Labute approximate surface area is 178 Å². The number of benzene rings is 1. The summed E-state index contributed by atoms with van der Waals surface area (Å²) in [6.45, 7) is 6.50. The SMILES string of the molecule is CN(C)C(=O)c1cccc(Nc2nsnc2N[C@@H](c2cccs2)C(C)(C)C)c1O. The molecule has 1 aromatic carbocycles. The van der Waals surface area contributed by atoms with E-state index in [1.165, 1.54) is 9.78 Å². The maximum Gasteiger partial charge on any atom is 0.257 e. The highest BCUT2D eigenvalue weighted by Crippen LogP contribution is 2.40. The summed E-state index contributed by atoms with van der Waals surface area (Å²) >= 11 is 2.77. The van der Waals surface area contributed by atoms with Crippen molar-refractivity contribution >= 4 is 46.3 Å². The van der Waals surface area contributed by atoms with Gasteiger partial charge < -0.3 is 20.6 Å². The van der Waals surface area contributed by atoms with Crippen LogP contribution in [0.1, 0.15) is 42.0 Å². The summed E-state index contributed by atoms with van der Waals surface area (Å²) in [5.74, 6) is 0.722. The highest BCUT2D eigenvalue weighted by atomic mass is 32.1. The van der Waals surface area contributed by atoms with Gasteiger partial charge in [-0.2, -0.15) is 8.75 Å². The molecule has 0 spiro atoms. The third-order valence-electron chi connectivity index (χ3n) is 4.39. The molecule has 3 rings (SSSR count). The number of carbonyl (C=O) groups excluding carboxylic acids is 1. The van der Waals surface area contributed by atoms with Crippen molar-refractivity contribution in [3.8, 4) is 5.75 Å². The van der Waals surface area contributed by atoms with E-state index in [4.69, 9.17) is 0 Å². The van der Waals surface area contributed by atoms with Crippen molar-refractivity contribution in [1.82, 2.24) is 13.6 Å². The minimum atomic E-state index is -0.272. The number of phenolic OH excluding ortho intramolecular Hbond substituents is 1. The van der Waals surface area contributed by atoms with Gasteiger partial charge in [0, 0.05) is 19.0 Å². The first-order chi connectivity index (χ1) is 13.7. The fourth-order valence-electron chi connectivity index (χ4n) is 2.86. The summed E-state index contributed by atoms with van der Waals surface area (Å²) < 4.78 is 8.73. The first-order valence-corrected chi connectivity index (χ1v) is 10.7. The zero-order valence-electron chi connectivity index (χ0n) is 17.1. The van der Waals surface area contributed by atoms with Gasteiger partial charge in [0.05, 0.1) is 29.0 Å². The van der Waals surface area contributed by atoms with E-state index >= 15 is 0 Å². The van der Waals surface area contributed by atoms with Crippen LogP contribution in [0.15, 0.2) is 35.7 Å². The number of thiophene rings is 1. The lowest BCUT2D eigenvalue weighted by Gasteiger charge is -2.31. The minimum absolute atomic E-state index is 0.0437. The van der Waals surface area contributed by atoms with Gasteiger partial charge in [-0.25, -0.2) is 0 Å². The van der Waals surface area contributed by atoms with Crippen LogP contribution in [0, 0.1) is 5.41 Å². The summed E-state index contributed by atoms with van der Waals surface area (Å²) in [6.07, 6.45) is 0. The van der Waals surface area contributed by atoms with Crippen molar-refractivity contribution in [2.45, 2.75) is 26.8 Å². The van der Waals surface area contributed by atoms with Crippen LogP contribution >= 0.6 is 23.1 Å². The van der Waals surface area contributed by atoms with Crippen LogP contribution in [0.25, 0.3) is 0 Å². The molecule has 0 aliphatic rings. The Hall–Kier alpha value is -2.65. The molecule has 0 unspecified atom stereocenters. The van der Waals surface area contributed by atoms with Crippen molar-refractivity contribution < 1.29 is 9.90 Å². The molecule has 2 heterocycles. The van der Waals surface area contributed by atoms with Gasteiger partial charge in [-0.15, -0.1) is 11.3 Å². The van der Waals surface area contributed by atoms with Crippen LogP contribution in [0.5, 0.6) is 5.75 Å². The van der Waals surface area contributed by atoms with Gasteiger partial charge in [0.2, 0.25) is 0 Å². The lowest BCUT2D eigenvalue weighted by atomic mass is 9.86. The molecule has 1 atom stereocenters. The maximum absolute atomic E-state index is 12.3. The Kier molecular flexibility index (Phi) is 6.09. The van der Waals surface area contributed by atoms with E-state index in [0.717, 1.165) is 11.7 Å². The Balaban J connectivity index is 1.88. The third kappa shape index (κ3) is 4.68. The van der Waals surface area contributed by atoms with E-state index in [2.05, 4.69) is 51.6 Å². The topological polar surface area (TPSA) is 90.4 Å².